The quantitative estimate of drug-likeness (QED) is 0.177. The molecule has 2 aromatic heterocycles. The molecule has 0 bridgehead atoms. The fourth-order valence-corrected chi connectivity index (χ4v) is 8.41. The normalized spacial score (nSPS) is 12.2. The second kappa shape index (κ2) is 9.57. The van der Waals surface area contributed by atoms with Crippen LogP contribution in [0.1, 0.15) is 0 Å². The fraction of sp³-hybridized carbons (Fsp3) is 0. The summed E-state index contributed by atoms with van der Waals surface area (Å²) >= 11 is 0. The van der Waals surface area contributed by atoms with E-state index in [4.69, 9.17) is 0 Å². The van der Waals surface area contributed by atoms with Crippen molar-refractivity contribution in [1.29, 1.82) is 0 Å². The van der Waals surface area contributed by atoms with E-state index in [0.717, 1.165) is 5.69 Å². The van der Waals surface area contributed by atoms with Crippen LogP contribution in [-0.2, 0) is 0 Å². The molecule has 48 heavy (non-hydrogen) atoms. The number of para-hydroxylation sites is 3. The highest BCUT2D eigenvalue weighted by Crippen LogP contribution is 2.43. The van der Waals surface area contributed by atoms with Gasteiger partial charge in [0.15, 0.2) is 0 Å². The number of hydrogen-bond donors (Lipinski definition) is 0. The highest BCUT2D eigenvalue weighted by atomic mass is 15.0. The van der Waals surface area contributed by atoms with Crippen LogP contribution in [0.5, 0.6) is 0 Å². The van der Waals surface area contributed by atoms with Crippen molar-refractivity contribution < 1.29 is 0 Å². The smallest absolute Gasteiger partial charge is 0.0641 e. The van der Waals surface area contributed by atoms with Crippen molar-refractivity contribution >= 4 is 75.9 Å². The number of rotatable bonds is 3. The van der Waals surface area contributed by atoms with Gasteiger partial charge in [-0.05, 0) is 85.9 Å². The van der Waals surface area contributed by atoms with Gasteiger partial charge in [-0.2, -0.15) is 0 Å². The van der Waals surface area contributed by atoms with Gasteiger partial charge in [0.25, 0.3) is 0 Å². The molecule has 0 aliphatic heterocycles. The summed E-state index contributed by atoms with van der Waals surface area (Å²) in [6.07, 6.45) is 0. The predicted octanol–water partition coefficient (Wildman–Crippen LogP) is 12.4. The molecule has 0 radical (unpaired) electrons. The summed E-state index contributed by atoms with van der Waals surface area (Å²) in [6.45, 7) is 0. The molecule has 0 aliphatic carbocycles. The third-order valence-corrected chi connectivity index (χ3v) is 10.4. The average molecular weight is 609 g/mol. The molecule has 0 fully saturated rings. The summed E-state index contributed by atoms with van der Waals surface area (Å²) in [5.74, 6) is 0. The van der Waals surface area contributed by atoms with E-state index in [1.807, 2.05) is 0 Å². The molecular weight excluding hydrogens is 581 g/mol. The van der Waals surface area contributed by atoms with E-state index in [-0.39, 0.29) is 0 Å². The summed E-state index contributed by atoms with van der Waals surface area (Å²) in [5.41, 5.74) is 9.71. The van der Waals surface area contributed by atoms with Gasteiger partial charge in [-0.15, -0.1) is 0 Å². The van der Waals surface area contributed by atoms with Crippen LogP contribution in [0, 0.1) is 0 Å². The van der Waals surface area contributed by atoms with E-state index in [9.17, 15) is 0 Å². The molecule has 0 saturated carbocycles. The van der Waals surface area contributed by atoms with Crippen molar-refractivity contribution in [2.75, 3.05) is 0 Å². The number of benzene rings is 9. The zero-order chi connectivity index (χ0) is 31.3. The van der Waals surface area contributed by atoms with Gasteiger partial charge in [0.2, 0.25) is 0 Å². The Morgan fingerprint density at radius 1 is 0.292 bits per heavy atom. The molecule has 2 nitrogen and oxygen atoms in total. The van der Waals surface area contributed by atoms with Gasteiger partial charge in [0.05, 0.1) is 22.1 Å². The number of fused-ring (bicyclic) bond motifs is 7. The second-order valence-corrected chi connectivity index (χ2v) is 12.9. The standard InChI is InChI=1S/C46H28N2/c1-2-11-33(12-3-1)48-40-15-6-4-13-36(40)38-27-28-42-45(46(38)48)39-14-5-7-16-41(39)47(42)34-23-19-29(20-24-34)35-25-21-32-18-17-30-9-8-10-31-22-26-37(35)44(32)43(30)31/h1-28H. The van der Waals surface area contributed by atoms with Crippen LogP contribution in [0.15, 0.2) is 170 Å². The molecule has 0 atom stereocenters. The third-order valence-electron chi connectivity index (χ3n) is 10.4. The first-order chi connectivity index (χ1) is 23.8. The van der Waals surface area contributed by atoms with E-state index in [2.05, 4.69) is 179 Å². The van der Waals surface area contributed by atoms with E-state index in [1.165, 1.54) is 92.7 Å². The first kappa shape index (κ1) is 25.8. The van der Waals surface area contributed by atoms with Crippen molar-refractivity contribution in [2.45, 2.75) is 0 Å². The van der Waals surface area contributed by atoms with Crippen molar-refractivity contribution in [2.24, 2.45) is 0 Å². The number of aromatic nitrogens is 2. The molecule has 0 unspecified atom stereocenters. The molecule has 0 amide bonds. The van der Waals surface area contributed by atoms with Crippen LogP contribution >= 0.6 is 0 Å². The molecule has 2 heteroatoms. The molecule has 2 heterocycles. The van der Waals surface area contributed by atoms with Crippen molar-refractivity contribution in [3.63, 3.8) is 0 Å². The maximum atomic E-state index is 2.45. The zero-order valence-corrected chi connectivity index (χ0v) is 26.1. The predicted molar refractivity (Wildman–Crippen MR) is 204 cm³/mol. The molecule has 11 aromatic rings. The van der Waals surface area contributed by atoms with E-state index < -0.39 is 0 Å². The Labute approximate surface area is 276 Å². The van der Waals surface area contributed by atoms with Crippen LogP contribution < -0.4 is 0 Å². The first-order valence-electron chi connectivity index (χ1n) is 16.6. The average Bonchev–Trinajstić information content (AvgIpc) is 3.67. The topological polar surface area (TPSA) is 9.86 Å². The first-order valence-corrected chi connectivity index (χ1v) is 16.6. The lowest BCUT2D eigenvalue weighted by Gasteiger charge is -2.15. The Morgan fingerprint density at radius 2 is 0.896 bits per heavy atom. The molecular formula is C46H28N2. The van der Waals surface area contributed by atoms with Crippen molar-refractivity contribution in [3.05, 3.63) is 170 Å². The second-order valence-electron chi connectivity index (χ2n) is 12.9. The van der Waals surface area contributed by atoms with E-state index in [1.54, 1.807) is 0 Å². The number of hydrogen-bond acceptors (Lipinski definition) is 0. The minimum atomic E-state index is 1.16. The minimum absolute atomic E-state index is 1.16. The van der Waals surface area contributed by atoms with Gasteiger partial charge in [0.1, 0.15) is 0 Å². The third kappa shape index (κ3) is 3.41. The van der Waals surface area contributed by atoms with Crippen LogP contribution in [0.3, 0.4) is 0 Å². The molecule has 0 spiro atoms. The SMILES string of the molecule is c1ccc(-n2c3ccccc3c3ccc4c(c5ccccc5n4-c4ccc(-c5ccc6ccc7cccc8ccc5c6c78)cc4)c32)cc1. The maximum absolute atomic E-state index is 2.45. The summed E-state index contributed by atoms with van der Waals surface area (Å²) < 4.78 is 4.88. The summed E-state index contributed by atoms with van der Waals surface area (Å²) in [5, 5.41) is 13.0. The van der Waals surface area contributed by atoms with Crippen LogP contribution in [0.25, 0.3) is 98.4 Å². The monoisotopic (exact) mass is 608 g/mol. The Hall–Kier alpha value is -6.38. The lowest BCUT2D eigenvalue weighted by molar-refractivity contribution is 1.17. The van der Waals surface area contributed by atoms with Gasteiger partial charge in [-0.1, -0.05) is 127 Å². The largest absolute Gasteiger partial charge is 0.309 e. The Morgan fingerprint density at radius 3 is 1.69 bits per heavy atom. The molecule has 0 saturated heterocycles. The van der Waals surface area contributed by atoms with Crippen molar-refractivity contribution in [1.82, 2.24) is 9.13 Å². The van der Waals surface area contributed by atoms with E-state index in [0.29, 0.717) is 0 Å². The highest BCUT2D eigenvalue weighted by molar-refractivity contribution is 6.27. The minimum Gasteiger partial charge on any atom is -0.309 e. The molecule has 9 aromatic carbocycles. The van der Waals surface area contributed by atoms with E-state index >= 15 is 0 Å². The van der Waals surface area contributed by atoms with Gasteiger partial charge >= 0.3 is 0 Å². The summed E-state index contributed by atoms with van der Waals surface area (Å²) in [6, 6.07) is 62.4. The van der Waals surface area contributed by atoms with Crippen LogP contribution in [-0.4, -0.2) is 9.13 Å². The van der Waals surface area contributed by atoms with Gasteiger partial charge in [-0.25, -0.2) is 0 Å². The van der Waals surface area contributed by atoms with Gasteiger partial charge < -0.3 is 9.13 Å². The number of nitrogens with zero attached hydrogens (tertiary/aromatic N) is 2. The molecule has 222 valence electrons. The molecule has 0 N–H and O–H groups in total. The maximum Gasteiger partial charge on any atom is 0.0641 e. The van der Waals surface area contributed by atoms with Crippen LogP contribution in [0.2, 0.25) is 0 Å². The molecule has 0 aliphatic rings. The lowest BCUT2D eigenvalue weighted by atomic mass is 9.90. The summed E-state index contributed by atoms with van der Waals surface area (Å²) in [4.78, 5) is 0. The highest BCUT2D eigenvalue weighted by Gasteiger charge is 2.21. The lowest BCUT2D eigenvalue weighted by Crippen LogP contribution is -1.95. The fourth-order valence-electron chi connectivity index (χ4n) is 8.41. The zero-order valence-electron chi connectivity index (χ0n) is 26.1. The summed E-state index contributed by atoms with van der Waals surface area (Å²) in [7, 11) is 0. The van der Waals surface area contributed by atoms with Crippen molar-refractivity contribution in [3.8, 4) is 22.5 Å². The van der Waals surface area contributed by atoms with Gasteiger partial charge in [0, 0.05) is 32.9 Å². The van der Waals surface area contributed by atoms with Crippen LogP contribution in [0.4, 0.5) is 0 Å². The Balaban J connectivity index is 1.16. The van der Waals surface area contributed by atoms with Gasteiger partial charge in [-0.3, -0.25) is 0 Å². The Bertz CT molecular complexity index is 3020. The Kier molecular flexibility index (Phi) is 5.14. The molecule has 11 rings (SSSR count).